The number of hydrogen-bond acceptors (Lipinski definition) is 5. The van der Waals surface area contributed by atoms with Crippen molar-refractivity contribution in [3.05, 3.63) is 27.8 Å². The predicted octanol–water partition coefficient (Wildman–Crippen LogP) is 2.41. The highest BCUT2D eigenvalue weighted by Gasteiger charge is 2.22. The SMILES string of the molecule is COc1cc(C=O)c([N+](=O)[O-])cc1N1CCCCC1. The van der Waals surface area contributed by atoms with E-state index < -0.39 is 4.92 Å². The lowest BCUT2D eigenvalue weighted by atomic mass is 10.1. The van der Waals surface area contributed by atoms with Crippen molar-refractivity contribution < 1.29 is 14.5 Å². The first-order valence-corrected chi connectivity index (χ1v) is 6.24. The van der Waals surface area contributed by atoms with Crippen LogP contribution in [0.15, 0.2) is 12.1 Å². The minimum Gasteiger partial charge on any atom is -0.495 e. The number of rotatable bonds is 4. The Kier molecular flexibility index (Phi) is 3.99. The molecule has 1 heterocycles. The van der Waals surface area contributed by atoms with Crippen LogP contribution in [-0.2, 0) is 0 Å². The van der Waals surface area contributed by atoms with Gasteiger partial charge in [-0.05, 0) is 25.3 Å². The molecule has 1 saturated heterocycles. The lowest BCUT2D eigenvalue weighted by Crippen LogP contribution is -2.29. The van der Waals surface area contributed by atoms with E-state index >= 15 is 0 Å². The third-order valence-electron chi connectivity index (χ3n) is 3.35. The molecule has 1 aromatic rings. The molecule has 1 aliphatic heterocycles. The monoisotopic (exact) mass is 264 g/mol. The maximum atomic E-state index is 11.0. The average Bonchev–Trinajstić information content (AvgIpc) is 2.46. The lowest BCUT2D eigenvalue weighted by molar-refractivity contribution is -0.385. The molecule has 1 aromatic carbocycles. The Morgan fingerprint density at radius 3 is 2.53 bits per heavy atom. The average molecular weight is 264 g/mol. The van der Waals surface area contributed by atoms with Crippen LogP contribution in [0.4, 0.5) is 11.4 Å². The van der Waals surface area contributed by atoms with Gasteiger partial charge in [-0.1, -0.05) is 0 Å². The molecule has 1 aliphatic rings. The molecule has 0 unspecified atom stereocenters. The number of carbonyl (C=O) groups is 1. The van der Waals surface area contributed by atoms with Crippen LogP contribution in [0.3, 0.4) is 0 Å². The fourth-order valence-corrected chi connectivity index (χ4v) is 2.37. The first-order chi connectivity index (χ1) is 9.17. The molecule has 2 rings (SSSR count). The van der Waals surface area contributed by atoms with Crippen molar-refractivity contribution in [1.82, 2.24) is 0 Å². The van der Waals surface area contributed by atoms with Crippen LogP contribution in [-0.4, -0.2) is 31.4 Å². The Morgan fingerprint density at radius 1 is 1.32 bits per heavy atom. The van der Waals surface area contributed by atoms with Crippen molar-refractivity contribution in [2.75, 3.05) is 25.1 Å². The predicted molar refractivity (Wildman–Crippen MR) is 71.1 cm³/mol. The Bertz CT molecular complexity index is 496. The number of benzene rings is 1. The van der Waals surface area contributed by atoms with Crippen molar-refractivity contribution in [2.45, 2.75) is 19.3 Å². The Morgan fingerprint density at radius 2 is 2.00 bits per heavy atom. The van der Waals surface area contributed by atoms with Gasteiger partial charge in [0.1, 0.15) is 5.75 Å². The smallest absolute Gasteiger partial charge is 0.282 e. The summed E-state index contributed by atoms with van der Waals surface area (Å²) in [6.45, 7) is 1.71. The highest BCUT2D eigenvalue weighted by molar-refractivity contribution is 5.85. The van der Waals surface area contributed by atoms with Crippen LogP contribution in [0.25, 0.3) is 0 Å². The van der Waals surface area contributed by atoms with Crippen LogP contribution < -0.4 is 9.64 Å². The molecule has 0 bridgehead atoms. The maximum absolute atomic E-state index is 11.0. The highest BCUT2D eigenvalue weighted by Crippen LogP contribution is 2.35. The fraction of sp³-hybridized carbons (Fsp3) is 0.462. The molecular weight excluding hydrogens is 248 g/mol. The molecular formula is C13H16N2O4. The quantitative estimate of drug-likeness (QED) is 0.474. The minimum absolute atomic E-state index is 0.0441. The molecule has 0 radical (unpaired) electrons. The summed E-state index contributed by atoms with van der Waals surface area (Å²) in [6.07, 6.45) is 3.78. The van der Waals surface area contributed by atoms with Crippen molar-refractivity contribution >= 4 is 17.7 Å². The van der Waals surface area contributed by atoms with E-state index in [0.717, 1.165) is 25.9 Å². The molecule has 19 heavy (non-hydrogen) atoms. The zero-order valence-corrected chi connectivity index (χ0v) is 10.8. The standard InChI is InChI=1S/C13H16N2O4/c1-19-13-7-10(9-16)11(15(17)18)8-12(13)14-5-3-2-4-6-14/h7-9H,2-6H2,1H3. The van der Waals surface area contributed by atoms with E-state index in [0.29, 0.717) is 17.7 Å². The fourth-order valence-electron chi connectivity index (χ4n) is 2.37. The number of carbonyl (C=O) groups excluding carboxylic acids is 1. The van der Waals surface area contributed by atoms with Crippen molar-refractivity contribution in [3.63, 3.8) is 0 Å². The molecule has 1 fully saturated rings. The van der Waals surface area contributed by atoms with Crippen molar-refractivity contribution in [1.29, 1.82) is 0 Å². The number of anilines is 1. The Labute approximate surface area is 111 Å². The second-order valence-corrected chi connectivity index (χ2v) is 4.51. The maximum Gasteiger partial charge on any atom is 0.282 e. The zero-order valence-electron chi connectivity index (χ0n) is 10.8. The van der Waals surface area contributed by atoms with E-state index in [2.05, 4.69) is 4.90 Å². The van der Waals surface area contributed by atoms with Gasteiger partial charge < -0.3 is 9.64 Å². The van der Waals surface area contributed by atoms with Crippen LogP contribution in [0.1, 0.15) is 29.6 Å². The summed E-state index contributed by atoms with van der Waals surface area (Å²) in [5, 5.41) is 11.0. The molecule has 6 nitrogen and oxygen atoms in total. The second-order valence-electron chi connectivity index (χ2n) is 4.51. The first-order valence-electron chi connectivity index (χ1n) is 6.24. The largest absolute Gasteiger partial charge is 0.495 e. The van der Waals surface area contributed by atoms with E-state index in [-0.39, 0.29) is 11.3 Å². The van der Waals surface area contributed by atoms with Crippen LogP contribution >= 0.6 is 0 Å². The summed E-state index contributed by atoms with van der Waals surface area (Å²) in [5.41, 5.74) is 0.568. The van der Waals surface area contributed by atoms with Gasteiger partial charge in [-0.15, -0.1) is 0 Å². The Balaban J connectivity index is 2.48. The molecule has 0 atom stereocenters. The van der Waals surface area contributed by atoms with Gasteiger partial charge in [0.15, 0.2) is 6.29 Å². The first kappa shape index (κ1) is 13.3. The third kappa shape index (κ3) is 2.67. The van der Waals surface area contributed by atoms with Gasteiger partial charge in [-0.25, -0.2) is 0 Å². The summed E-state index contributed by atoms with van der Waals surface area (Å²) in [5.74, 6) is 0.509. The number of aldehydes is 1. The van der Waals surface area contributed by atoms with E-state index in [1.54, 1.807) is 0 Å². The molecule has 6 heteroatoms. The number of piperidine rings is 1. The number of nitro groups is 1. The van der Waals surface area contributed by atoms with Crippen LogP contribution in [0.5, 0.6) is 5.75 Å². The highest BCUT2D eigenvalue weighted by atomic mass is 16.6. The van der Waals surface area contributed by atoms with Gasteiger partial charge in [-0.2, -0.15) is 0 Å². The molecule has 102 valence electrons. The summed E-state index contributed by atoms with van der Waals surface area (Å²) in [4.78, 5) is 23.5. The van der Waals surface area contributed by atoms with Gasteiger partial charge in [0.05, 0.1) is 23.3 Å². The van der Waals surface area contributed by atoms with E-state index in [1.165, 1.54) is 25.7 Å². The molecule has 0 spiro atoms. The molecule has 0 aliphatic carbocycles. The van der Waals surface area contributed by atoms with Crippen LogP contribution in [0.2, 0.25) is 0 Å². The van der Waals surface area contributed by atoms with Crippen molar-refractivity contribution in [2.24, 2.45) is 0 Å². The van der Waals surface area contributed by atoms with E-state index in [9.17, 15) is 14.9 Å². The van der Waals surface area contributed by atoms with E-state index in [4.69, 9.17) is 4.74 Å². The van der Waals surface area contributed by atoms with Crippen LogP contribution in [0, 0.1) is 10.1 Å². The van der Waals surface area contributed by atoms with Gasteiger partial charge in [0.25, 0.3) is 5.69 Å². The van der Waals surface area contributed by atoms with Gasteiger partial charge in [0.2, 0.25) is 0 Å². The molecule has 0 N–H and O–H groups in total. The summed E-state index contributed by atoms with van der Waals surface area (Å²) in [6, 6.07) is 2.88. The van der Waals surface area contributed by atoms with Gasteiger partial charge in [0, 0.05) is 19.2 Å². The second kappa shape index (κ2) is 5.69. The number of ether oxygens (including phenoxy) is 1. The number of methoxy groups -OCH3 is 1. The van der Waals surface area contributed by atoms with Crippen molar-refractivity contribution in [3.8, 4) is 5.75 Å². The molecule has 0 amide bonds. The third-order valence-corrected chi connectivity index (χ3v) is 3.35. The topological polar surface area (TPSA) is 72.7 Å². The minimum atomic E-state index is -0.531. The molecule has 0 aromatic heterocycles. The lowest BCUT2D eigenvalue weighted by Gasteiger charge is -2.29. The van der Waals surface area contributed by atoms with Gasteiger partial charge in [-0.3, -0.25) is 14.9 Å². The summed E-state index contributed by atoms with van der Waals surface area (Å²) in [7, 11) is 1.50. The van der Waals surface area contributed by atoms with E-state index in [1.807, 2.05) is 0 Å². The normalized spacial score (nSPS) is 15.1. The Hall–Kier alpha value is -2.11. The number of hydrogen-bond donors (Lipinski definition) is 0. The number of nitrogens with zero attached hydrogens (tertiary/aromatic N) is 2. The molecule has 0 saturated carbocycles. The zero-order chi connectivity index (χ0) is 13.8. The van der Waals surface area contributed by atoms with Gasteiger partial charge >= 0.3 is 0 Å². The number of nitro benzene ring substituents is 1. The summed E-state index contributed by atoms with van der Waals surface area (Å²) >= 11 is 0. The summed E-state index contributed by atoms with van der Waals surface area (Å²) < 4.78 is 5.25.